The zero-order valence-electron chi connectivity index (χ0n) is 10.00. The molecule has 5 heteroatoms. The Morgan fingerprint density at radius 3 is 3.00 bits per heavy atom. The Morgan fingerprint density at radius 2 is 2.33 bits per heavy atom. The summed E-state index contributed by atoms with van der Waals surface area (Å²) in [5.41, 5.74) is 1.80. The zero-order chi connectivity index (χ0) is 12.8. The Labute approximate surface area is 105 Å². The Balaban J connectivity index is 2.30. The molecular formula is C13H13N3O2. The summed E-state index contributed by atoms with van der Waals surface area (Å²) in [6.45, 7) is 0.419. The average molecular weight is 243 g/mol. The van der Waals surface area contributed by atoms with Crippen molar-refractivity contribution < 1.29 is 9.84 Å². The molecule has 0 aliphatic rings. The molecule has 0 bridgehead atoms. The monoisotopic (exact) mass is 243 g/mol. The van der Waals surface area contributed by atoms with E-state index in [1.807, 2.05) is 18.2 Å². The van der Waals surface area contributed by atoms with E-state index < -0.39 is 0 Å². The maximum atomic E-state index is 8.68. The van der Waals surface area contributed by atoms with E-state index in [4.69, 9.17) is 9.84 Å². The van der Waals surface area contributed by atoms with Gasteiger partial charge in [0, 0.05) is 11.1 Å². The van der Waals surface area contributed by atoms with Crippen LogP contribution in [0.15, 0.2) is 30.9 Å². The van der Waals surface area contributed by atoms with E-state index in [9.17, 15) is 0 Å². The minimum absolute atomic E-state index is 0.148. The maximum Gasteiger partial charge on any atom is 0.137 e. The molecule has 1 aromatic carbocycles. The lowest BCUT2D eigenvalue weighted by molar-refractivity contribution is 0.350. The van der Waals surface area contributed by atoms with E-state index in [0.29, 0.717) is 6.54 Å². The van der Waals surface area contributed by atoms with Crippen LogP contribution in [-0.4, -0.2) is 33.6 Å². The molecule has 2 aromatic rings. The molecule has 5 nitrogen and oxygen atoms in total. The van der Waals surface area contributed by atoms with Gasteiger partial charge in [-0.2, -0.15) is 5.10 Å². The number of aromatic nitrogens is 3. The van der Waals surface area contributed by atoms with Gasteiger partial charge in [0.15, 0.2) is 0 Å². The van der Waals surface area contributed by atoms with Gasteiger partial charge < -0.3 is 9.84 Å². The molecule has 92 valence electrons. The Kier molecular flexibility index (Phi) is 3.94. The van der Waals surface area contributed by atoms with Gasteiger partial charge in [-0.1, -0.05) is 11.8 Å². The molecule has 2 rings (SSSR count). The van der Waals surface area contributed by atoms with Crippen molar-refractivity contribution in [1.82, 2.24) is 14.8 Å². The lowest BCUT2D eigenvalue weighted by Crippen LogP contribution is -2.02. The van der Waals surface area contributed by atoms with Crippen LogP contribution in [0.25, 0.3) is 0 Å². The number of rotatable bonds is 3. The fourth-order valence-corrected chi connectivity index (χ4v) is 1.61. The van der Waals surface area contributed by atoms with Crippen molar-refractivity contribution in [2.45, 2.75) is 6.54 Å². The molecular weight excluding hydrogens is 230 g/mol. The van der Waals surface area contributed by atoms with Crippen LogP contribution >= 0.6 is 0 Å². The predicted octanol–water partition coefficient (Wildman–Crippen LogP) is 0.679. The summed E-state index contributed by atoms with van der Waals surface area (Å²) in [5.74, 6) is 6.26. The first-order chi connectivity index (χ1) is 8.83. The first kappa shape index (κ1) is 12.1. The summed E-state index contributed by atoms with van der Waals surface area (Å²) in [7, 11) is 1.62. The zero-order valence-corrected chi connectivity index (χ0v) is 10.00. The molecule has 0 aliphatic carbocycles. The molecule has 1 N–H and O–H groups in total. The SMILES string of the molecule is COc1ccc(C#CCO)cc1Cn1cncn1. The third kappa shape index (κ3) is 2.87. The smallest absolute Gasteiger partial charge is 0.137 e. The van der Waals surface area contributed by atoms with Crippen molar-refractivity contribution in [1.29, 1.82) is 0 Å². The first-order valence-electron chi connectivity index (χ1n) is 5.42. The molecule has 0 fully saturated rings. The molecule has 1 aromatic heterocycles. The molecule has 0 saturated heterocycles. The Morgan fingerprint density at radius 1 is 1.44 bits per heavy atom. The number of aliphatic hydroxyl groups is 1. The summed E-state index contributed by atoms with van der Waals surface area (Å²) in [4.78, 5) is 3.90. The van der Waals surface area contributed by atoms with Gasteiger partial charge in [-0.05, 0) is 18.2 Å². The van der Waals surface area contributed by atoms with Gasteiger partial charge in [-0.25, -0.2) is 9.67 Å². The third-order valence-electron chi connectivity index (χ3n) is 2.39. The minimum Gasteiger partial charge on any atom is -0.496 e. The van der Waals surface area contributed by atoms with Crippen molar-refractivity contribution in [2.75, 3.05) is 13.7 Å². The number of benzene rings is 1. The average Bonchev–Trinajstić information content (AvgIpc) is 2.89. The van der Waals surface area contributed by atoms with Crippen molar-refractivity contribution in [3.8, 4) is 17.6 Å². The van der Waals surface area contributed by atoms with Gasteiger partial charge in [0.2, 0.25) is 0 Å². The van der Waals surface area contributed by atoms with E-state index >= 15 is 0 Å². The van der Waals surface area contributed by atoms with Crippen LogP contribution in [0.4, 0.5) is 0 Å². The topological polar surface area (TPSA) is 60.2 Å². The molecule has 0 atom stereocenters. The van der Waals surface area contributed by atoms with Gasteiger partial charge >= 0.3 is 0 Å². The molecule has 1 heterocycles. The van der Waals surface area contributed by atoms with Gasteiger partial charge in [-0.15, -0.1) is 0 Å². The third-order valence-corrected chi connectivity index (χ3v) is 2.39. The number of nitrogens with zero attached hydrogens (tertiary/aromatic N) is 3. The second-order valence-corrected chi connectivity index (χ2v) is 3.58. The summed E-state index contributed by atoms with van der Waals surface area (Å²) in [5, 5.41) is 12.7. The fraction of sp³-hybridized carbons (Fsp3) is 0.231. The normalized spacial score (nSPS) is 9.67. The van der Waals surface area contributed by atoms with Crippen molar-refractivity contribution >= 4 is 0 Å². The second-order valence-electron chi connectivity index (χ2n) is 3.58. The Bertz CT molecular complexity index is 568. The summed E-state index contributed by atoms with van der Waals surface area (Å²) >= 11 is 0. The highest BCUT2D eigenvalue weighted by molar-refractivity contribution is 5.44. The summed E-state index contributed by atoms with van der Waals surface area (Å²) in [6, 6.07) is 5.63. The van der Waals surface area contributed by atoms with Crippen LogP contribution < -0.4 is 4.74 Å². The Hall–Kier alpha value is -2.32. The molecule has 0 radical (unpaired) electrons. The first-order valence-corrected chi connectivity index (χ1v) is 5.42. The molecule has 0 spiro atoms. The summed E-state index contributed by atoms with van der Waals surface area (Å²) < 4.78 is 7.00. The number of ether oxygens (including phenoxy) is 1. The highest BCUT2D eigenvalue weighted by Crippen LogP contribution is 2.20. The molecule has 0 saturated carbocycles. The van der Waals surface area contributed by atoms with Crippen LogP contribution in [0.1, 0.15) is 11.1 Å². The lowest BCUT2D eigenvalue weighted by Gasteiger charge is -2.08. The highest BCUT2D eigenvalue weighted by atomic mass is 16.5. The van der Waals surface area contributed by atoms with Crippen molar-refractivity contribution in [2.24, 2.45) is 0 Å². The van der Waals surface area contributed by atoms with E-state index in [2.05, 4.69) is 21.9 Å². The maximum absolute atomic E-state index is 8.68. The second kappa shape index (κ2) is 5.84. The van der Waals surface area contributed by atoms with E-state index in [0.717, 1.165) is 16.9 Å². The number of hydrogen-bond acceptors (Lipinski definition) is 4. The van der Waals surface area contributed by atoms with Crippen LogP contribution in [-0.2, 0) is 6.54 Å². The number of hydrogen-bond donors (Lipinski definition) is 1. The van der Waals surface area contributed by atoms with Crippen molar-refractivity contribution in [3.05, 3.63) is 42.0 Å². The molecule has 18 heavy (non-hydrogen) atoms. The van der Waals surface area contributed by atoms with Gasteiger partial charge in [0.25, 0.3) is 0 Å². The largest absolute Gasteiger partial charge is 0.496 e. The minimum atomic E-state index is -0.148. The van der Waals surface area contributed by atoms with Gasteiger partial charge in [-0.3, -0.25) is 0 Å². The van der Waals surface area contributed by atoms with Crippen LogP contribution in [0.3, 0.4) is 0 Å². The number of aliphatic hydroxyl groups excluding tert-OH is 1. The molecule has 0 amide bonds. The molecule has 0 unspecified atom stereocenters. The molecule has 0 aliphatic heterocycles. The van der Waals surface area contributed by atoms with E-state index in [-0.39, 0.29) is 6.61 Å². The van der Waals surface area contributed by atoms with Crippen LogP contribution in [0.2, 0.25) is 0 Å². The standard InChI is InChI=1S/C13H13N3O2/c1-18-13-5-4-11(3-2-6-17)7-12(13)8-16-10-14-9-15-16/h4-5,7,9-10,17H,6,8H2,1H3. The van der Waals surface area contributed by atoms with E-state index in [1.54, 1.807) is 18.1 Å². The highest BCUT2D eigenvalue weighted by Gasteiger charge is 2.05. The predicted molar refractivity (Wildman–Crippen MR) is 66.1 cm³/mol. The summed E-state index contributed by atoms with van der Waals surface area (Å²) in [6.07, 6.45) is 3.13. The van der Waals surface area contributed by atoms with Crippen LogP contribution in [0, 0.1) is 11.8 Å². The van der Waals surface area contributed by atoms with Gasteiger partial charge in [0.1, 0.15) is 25.0 Å². The fourth-order valence-electron chi connectivity index (χ4n) is 1.61. The lowest BCUT2D eigenvalue weighted by atomic mass is 10.1. The number of methoxy groups -OCH3 is 1. The van der Waals surface area contributed by atoms with Gasteiger partial charge in [0.05, 0.1) is 13.7 Å². The van der Waals surface area contributed by atoms with Crippen molar-refractivity contribution in [3.63, 3.8) is 0 Å². The van der Waals surface area contributed by atoms with Crippen LogP contribution in [0.5, 0.6) is 5.75 Å². The van der Waals surface area contributed by atoms with E-state index in [1.165, 1.54) is 6.33 Å². The quantitative estimate of drug-likeness (QED) is 0.805.